The Morgan fingerprint density at radius 2 is 2.00 bits per heavy atom. The summed E-state index contributed by atoms with van der Waals surface area (Å²) in [5.74, 6) is -1.35. The first-order chi connectivity index (χ1) is 7.73. The van der Waals surface area contributed by atoms with Gasteiger partial charge in [-0.1, -0.05) is 15.9 Å². The number of nitrogen functional groups attached to an aromatic ring is 1. The van der Waals surface area contributed by atoms with Crippen LogP contribution in [-0.2, 0) is 11.0 Å². The van der Waals surface area contributed by atoms with Crippen LogP contribution in [0, 0.1) is 0 Å². The Labute approximate surface area is 103 Å². The Kier molecular flexibility index (Phi) is 3.82. The van der Waals surface area contributed by atoms with Crippen molar-refractivity contribution >= 4 is 33.7 Å². The van der Waals surface area contributed by atoms with E-state index in [-0.39, 0.29) is 15.7 Å². The van der Waals surface area contributed by atoms with Gasteiger partial charge >= 0.3 is 12.1 Å². The highest BCUT2D eigenvalue weighted by Crippen LogP contribution is 2.40. The number of benzene rings is 1. The molecule has 7 heteroatoms. The molecule has 0 fully saturated rings. The van der Waals surface area contributed by atoms with Crippen LogP contribution >= 0.6 is 15.9 Å². The van der Waals surface area contributed by atoms with Crippen molar-refractivity contribution in [2.45, 2.75) is 6.18 Å². The maximum atomic E-state index is 12.7. The van der Waals surface area contributed by atoms with Gasteiger partial charge in [0.1, 0.15) is 0 Å². The number of aliphatic carboxylic acids is 1. The fourth-order valence-corrected chi connectivity index (χ4v) is 1.80. The van der Waals surface area contributed by atoms with E-state index in [1.54, 1.807) is 0 Å². The number of halogens is 4. The second kappa shape index (κ2) is 4.79. The summed E-state index contributed by atoms with van der Waals surface area (Å²) in [5, 5.41) is 8.41. The highest BCUT2D eigenvalue weighted by Gasteiger charge is 2.36. The van der Waals surface area contributed by atoms with E-state index in [0.29, 0.717) is 6.08 Å². The molecule has 3 nitrogen and oxygen atoms in total. The molecule has 1 aromatic carbocycles. The third-order valence-electron chi connectivity index (χ3n) is 1.90. The molecule has 0 heterocycles. The maximum Gasteiger partial charge on any atom is 0.418 e. The monoisotopic (exact) mass is 309 g/mol. The van der Waals surface area contributed by atoms with Crippen molar-refractivity contribution in [1.29, 1.82) is 0 Å². The summed E-state index contributed by atoms with van der Waals surface area (Å²) < 4.78 is 38.0. The normalized spacial score (nSPS) is 12.0. The minimum absolute atomic E-state index is 0.141. The highest BCUT2D eigenvalue weighted by molar-refractivity contribution is 9.10. The summed E-state index contributed by atoms with van der Waals surface area (Å²) in [6, 6.07) is 2.43. The summed E-state index contributed by atoms with van der Waals surface area (Å²) in [5.41, 5.74) is 3.91. The predicted octanol–water partition coefficient (Wildman–Crippen LogP) is 3.15. The van der Waals surface area contributed by atoms with Crippen molar-refractivity contribution in [3.05, 3.63) is 33.8 Å². The van der Waals surface area contributed by atoms with Crippen molar-refractivity contribution in [2.75, 3.05) is 5.73 Å². The lowest BCUT2D eigenvalue weighted by Crippen LogP contribution is -2.10. The number of carboxylic acids is 1. The lowest BCUT2D eigenvalue weighted by atomic mass is 10.0. The van der Waals surface area contributed by atoms with Crippen LogP contribution in [0.4, 0.5) is 18.9 Å². The molecule has 0 aromatic heterocycles. The van der Waals surface area contributed by atoms with Gasteiger partial charge < -0.3 is 10.8 Å². The SMILES string of the molecule is Nc1ccc(Br)c(C(F)(F)F)c1/C=C/C(=O)O. The number of alkyl halides is 3. The summed E-state index contributed by atoms with van der Waals surface area (Å²) >= 11 is 2.77. The first kappa shape index (κ1) is 13.6. The average molecular weight is 310 g/mol. The van der Waals surface area contributed by atoms with Gasteiger partial charge in [0, 0.05) is 21.8 Å². The van der Waals surface area contributed by atoms with Gasteiger partial charge in [-0.25, -0.2) is 4.79 Å². The molecule has 17 heavy (non-hydrogen) atoms. The molecule has 0 aliphatic heterocycles. The van der Waals surface area contributed by atoms with Gasteiger partial charge in [-0.15, -0.1) is 0 Å². The molecular formula is C10H7BrF3NO2. The van der Waals surface area contributed by atoms with Gasteiger partial charge in [-0.05, 0) is 18.2 Å². The van der Waals surface area contributed by atoms with Crippen LogP contribution in [0.25, 0.3) is 6.08 Å². The second-order valence-corrected chi connectivity index (χ2v) is 3.95. The van der Waals surface area contributed by atoms with Crippen molar-refractivity contribution in [3.8, 4) is 0 Å². The van der Waals surface area contributed by atoms with Crippen molar-refractivity contribution in [1.82, 2.24) is 0 Å². The second-order valence-electron chi connectivity index (χ2n) is 3.09. The van der Waals surface area contributed by atoms with Crippen LogP contribution in [0.15, 0.2) is 22.7 Å². The number of rotatable bonds is 2. The standard InChI is InChI=1S/C10H7BrF3NO2/c11-6-2-3-7(15)5(1-4-8(16)17)9(6)10(12,13)14/h1-4H,15H2,(H,16,17)/b4-1+. The minimum Gasteiger partial charge on any atom is -0.478 e. The van der Waals surface area contributed by atoms with E-state index in [1.165, 1.54) is 6.07 Å². The summed E-state index contributed by atoms with van der Waals surface area (Å²) in [7, 11) is 0. The third kappa shape index (κ3) is 3.23. The van der Waals surface area contributed by atoms with Gasteiger partial charge in [0.2, 0.25) is 0 Å². The van der Waals surface area contributed by atoms with Gasteiger partial charge in [-0.2, -0.15) is 13.2 Å². The lowest BCUT2D eigenvalue weighted by molar-refractivity contribution is -0.138. The van der Waals surface area contributed by atoms with E-state index in [9.17, 15) is 18.0 Å². The Balaban J connectivity index is 3.46. The molecule has 0 spiro atoms. The first-order valence-corrected chi connectivity index (χ1v) is 5.09. The lowest BCUT2D eigenvalue weighted by Gasteiger charge is -2.14. The molecule has 92 valence electrons. The van der Waals surface area contributed by atoms with Crippen LogP contribution in [0.5, 0.6) is 0 Å². The van der Waals surface area contributed by atoms with E-state index < -0.39 is 17.7 Å². The fourth-order valence-electron chi connectivity index (χ4n) is 1.23. The zero-order valence-corrected chi connectivity index (χ0v) is 9.84. The third-order valence-corrected chi connectivity index (χ3v) is 2.57. The van der Waals surface area contributed by atoms with E-state index in [0.717, 1.165) is 12.1 Å². The van der Waals surface area contributed by atoms with Gasteiger partial charge in [-0.3, -0.25) is 0 Å². The van der Waals surface area contributed by atoms with Gasteiger partial charge in [0.25, 0.3) is 0 Å². The van der Waals surface area contributed by atoms with Crippen molar-refractivity contribution in [2.24, 2.45) is 0 Å². The number of hydrogen-bond donors (Lipinski definition) is 2. The molecule has 3 N–H and O–H groups in total. The van der Waals surface area contributed by atoms with Crippen LogP contribution in [0.2, 0.25) is 0 Å². The van der Waals surface area contributed by atoms with Crippen LogP contribution in [-0.4, -0.2) is 11.1 Å². The summed E-state index contributed by atoms with van der Waals surface area (Å²) in [4.78, 5) is 10.3. The minimum atomic E-state index is -4.62. The zero-order chi connectivity index (χ0) is 13.2. The molecule has 0 radical (unpaired) electrons. The fraction of sp³-hybridized carbons (Fsp3) is 0.100. The smallest absolute Gasteiger partial charge is 0.418 e. The zero-order valence-electron chi connectivity index (χ0n) is 8.25. The molecule has 1 aromatic rings. The van der Waals surface area contributed by atoms with E-state index in [2.05, 4.69) is 15.9 Å². The molecule has 1 rings (SSSR count). The molecule has 0 aliphatic rings. The van der Waals surface area contributed by atoms with Crippen molar-refractivity contribution < 1.29 is 23.1 Å². The van der Waals surface area contributed by atoms with E-state index >= 15 is 0 Å². The van der Waals surface area contributed by atoms with E-state index in [4.69, 9.17) is 10.8 Å². The topological polar surface area (TPSA) is 63.3 Å². The number of hydrogen-bond acceptors (Lipinski definition) is 2. The molecule has 0 unspecified atom stereocenters. The maximum absolute atomic E-state index is 12.7. The Hall–Kier alpha value is -1.50. The van der Waals surface area contributed by atoms with Crippen LogP contribution < -0.4 is 5.73 Å². The molecular weight excluding hydrogens is 303 g/mol. The molecule has 0 bridgehead atoms. The summed E-state index contributed by atoms with van der Waals surface area (Å²) in [6.07, 6.45) is -3.19. The number of anilines is 1. The van der Waals surface area contributed by atoms with Crippen molar-refractivity contribution in [3.63, 3.8) is 0 Å². The summed E-state index contributed by atoms with van der Waals surface area (Å²) in [6.45, 7) is 0. The largest absolute Gasteiger partial charge is 0.478 e. The Morgan fingerprint density at radius 3 is 2.47 bits per heavy atom. The quantitative estimate of drug-likeness (QED) is 0.651. The number of carboxylic acid groups (broad SMARTS) is 1. The van der Waals surface area contributed by atoms with Gasteiger partial charge in [0.15, 0.2) is 0 Å². The average Bonchev–Trinajstić information content (AvgIpc) is 2.17. The van der Waals surface area contributed by atoms with Gasteiger partial charge in [0.05, 0.1) is 5.56 Å². The Bertz CT molecular complexity index is 483. The molecule has 0 saturated carbocycles. The van der Waals surface area contributed by atoms with Crippen LogP contribution in [0.3, 0.4) is 0 Å². The van der Waals surface area contributed by atoms with Crippen LogP contribution in [0.1, 0.15) is 11.1 Å². The van der Waals surface area contributed by atoms with E-state index in [1.807, 2.05) is 0 Å². The molecule has 0 aliphatic carbocycles. The number of carbonyl (C=O) groups is 1. The molecule has 0 saturated heterocycles. The highest BCUT2D eigenvalue weighted by atomic mass is 79.9. The number of nitrogens with two attached hydrogens (primary N) is 1. The molecule has 0 amide bonds. The predicted molar refractivity (Wildman–Crippen MR) is 60.2 cm³/mol. The molecule has 0 atom stereocenters. The Morgan fingerprint density at radius 1 is 1.41 bits per heavy atom. The first-order valence-electron chi connectivity index (χ1n) is 4.29.